The van der Waals surface area contributed by atoms with Crippen molar-refractivity contribution >= 4 is 22.8 Å². The number of halogens is 2. The molecule has 0 amide bonds. The summed E-state index contributed by atoms with van der Waals surface area (Å²) in [6.07, 6.45) is 4.97. The molecule has 2 aromatic carbocycles. The SMILES string of the molecule is CC(C#N)=C1c2ccc(Cc3c(C4CC4)nc4ccc(Cl)cn34)cc2COc2cc(F)ccc21. The van der Waals surface area contributed by atoms with Crippen molar-refractivity contribution in [2.45, 2.75) is 38.7 Å². The lowest BCUT2D eigenvalue weighted by atomic mass is 9.89. The summed E-state index contributed by atoms with van der Waals surface area (Å²) in [6, 6.07) is 16.9. The molecule has 168 valence electrons. The number of rotatable bonds is 3. The molecule has 1 aliphatic heterocycles. The van der Waals surface area contributed by atoms with Crippen molar-refractivity contribution in [1.82, 2.24) is 9.38 Å². The van der Waals surface area contributed by atoms with E-state index in [9.17, 15) is 9.65 Å². The second-order valence-corrected chi connectivity index (χ2v) is 9.44. The topological polar surface area (TPSA) is 50.3 Å². The van der Waals surface area contributed by atoms with E-state index in [4.69, 9.17) is 21.3 Å². The van der Waals surface area contributed by atoms with Gasteiger partial charge in [0.2, 0.25) is 0 Å². The van der Waals surface area contributed by atoms with Gasteiger partial charge in [-0.1, -0.05) is 29.8 Å². The Hall–Kier alpha value is -3.62. The predicted octanol–water partition coefficient (Wildman–Crippen LogP) is 6.83. The smallest absolute Gasteiger partial charge is 0.137 e. The molecule has 6 rings (SSSR count). The molecule has 1 saturated carbocycles. The van der Waals surface area contributed by atoms with Gasteiger partial charge in [-0.3, -0.25) is 0 Å². The van der Waals surface area contributed by atoms with E-state index in [1.807, 2.05) is 18.3 Å². The highest BCUT2D eigenvalue weighted by atomic mass is 35.5. The van der Waals surface area contributed by atoms with E-state index in [0.29, 0.717) is 35.3 Å². The Morgan fingerprint density at radius 1 is 1.18 bits per heavy atom. The summed E-state index contributed by atoms with van der Waals surface area (Å²) in [5, 5.41) is 10.4. The van der Waals surface area contributed by atoms with E-state index in [1.165, 1.54) is 25.0 Å². The van der Waals surface area contributed by atoms with Gasteiger partial charge in [0.05, 0.1) is 22.5 Å². The van der Waals surface area contributed by atoms with Crippen molar-refractivity contribution in [3.63, 3.8) is 0 Å². The van der Waals surface area contributed by atoms with Crippen LogP contribution in [0.2, 0.25) is 5.02 Å². The molecule has 6 heteroatoms. The third-order valence-electron chi connectivity index (χ3n) is 6.63. The minimum Gasteiger partial charge on any atom is -0.488 e. The fraction of sp³-hybridized carbons (Fsp3) is 0.214. The van der Waals surface area contributed by atoms with Crippen molar-refractivity contribution in [1.29, 1.82) is 5.26 Å². The number of hydrogen-bond donors (Lipinski definition) is 0. The minimum atomic E-state index is -0.363. The number of nitriles is 1. The van der Waals surface area contributed by atoms with Crippen LogP contribution in [0.1, 0.15) is 59.3 Å². The van der Waals surface area contributed by atoms with E-state index in [-0.39, 0.29) is 5.82 Å². The average molecular weight is 470 g/mol. The number of nitrogens with zero attached hydrogens (tertiary/aromatic N) is 3. The normalized spacial score (nSPS) is 16.3. The molecule has 0 bridgehead atoms. The molecule has 1 fully saturated rings. The lowest BCUT2D eigenvalue weighted by molar-refractivity contribution is 0.305. The van der Waals surface area contributed by atoms with Crippen molar-refractivity contribution < 1.29 is 9.13 Å². The molecule has 0 atom stereocenters. The summed E-state index contributed by atoms with van der Waals surface area (Å²) >= 11 is 6.30. The molecule has 0 unspecified atom stereocenters. The average Bonchev–Trinajstić information content (AvgIpc) is 3.64. The van der Waals surface area contributed by atoms with E-state index in [0.717, 1.165) is 44.9 Å². The molecule has 1 aliphatic carbocycles. The molecule has 0 N–H and O–H groups in total. The van der Waals surface area contributed by atoms with Gasteiger partial charge in [0, 0.05) is 41.3 Å². The summed E-state index contributed by atoms with van der Waals surface area (Å²) in [5.41, 5.74) is 8.34. The van der Waals surface area contributed by atoms with E-state index in [1.54, 1.807) is 13.0 Å². The van der Waals surface area contributed by atoms with E-state index < -0.39 is 0 Å². The second-order valence-electron chi connectivity index (χ2n) is 9.00. The maximum absolute atomic E-state index is 13.9. The fourth-order valence-electron chi connectivity index (χ4n) is 4.84. The number of pyridine rings is 1. The van der Waals surface area contributed by atoms with E-state index in [2.05, 4.69) is 28.7 Å². The lowest BCUT2D eigenvalue weighted by Crippen LogP contribution is -2.02. The first-order chi connectivity index (χ1) is 16.5. The largest absolute Gasteiger partial charge is 0.488 e. The maximum atomic E-state index is 13.9. The van der Waals surface area contributed by atoms with Crippen molar-refractivity contribution in [3.05, 3.63) is 105 Å². The summed E-state index contributed by atoms with van der Waals surface area (Å²) in [5.74, 6) is 0.600. The Labute approximate surface area is 201 Å². The molecule has 3 heterocycles. The molecule has 0 radical (unpaired) electrons. The van der Waals surface area contributed by atoms with Gasteiger partial charge >= 0.3 is 0 Å². The quantitative estimate of drug-likeness (QED) is 0.309. The van der Waals surface area contributed by atoms with Crippen LogP contribution >= 0.6 is 11.6 Å². The van der Waals surface area contributed by atoms with Crippen molar-refractivity contribution in [3.8, 4) is 11.8 Å². The summed E-state index contributed by atoms with van der Waals surface area (Å²) in [7, 11) is 0. The van der Waals surface area contributed by atoms with Crippen LogP contribution in [0.5, 0.6) is 5.75 Å². The monoisotopic (exact) mass is 469 g/mol. The van der Waals surface area contributed by atoms with Crippen LogP contribution in [-0.4, -0.2) is 9.38 Å². The number of hydrogen-bond acceptors (Lipinski definition) is 3. The first kappa shape index (κ1) is 20.9. The van der Waals surface area contributed by atoms with Crippen LogP contribution in [0.25, 0.3) is 11.2 Å². The van der Waals surface area contributed by atoms with Crippen LogP contribution in [-0.2, 0) is 13.0 Å². The van der Waals surface area contributed by atoms with Crippen LogP contribution in [0.15, 0.2) is 60.3 Å². The van der Waals surface area contributed by atoms with Gasteiger partial charge in [0.15, 0.2) is 0 Å². The van der Waals surface area contributed by atoms with Gasteiger partial charge in [0.25, 0.3) is 0 Å². The highest BCUT2D eigenvalue weighted by molar-refractivity contribution is 6.30. The summed E-state index contributed by atoms with van der Waals surface area (Å²) in [4.78, 5) is 4.90. The number of allylic oxidation sites excluding steroid dienone is 1. The molecule has 0 saturated heterocycles. The fourth-order valence-corrected chi connectivity index (χ4v) is 5.00. The zero-order valence-electron chi connectivity index (χ0n) is 18.6. The first-order valence-corrected chi connectivity index (χ1v) is 11.7. The van der Waals surface area contributed by atoms with Crippen LogP contribution < -0.4 is 4.74 Å². The first-order valence-electron chi connectivity index (χ1n) is 11.3. The summed E-state index contributed by atoms with van der Waals surface area (Å²) in [6.45, 7) is 2.09. The molecule has 34 heavy (non-hydrogen) atoms. The Bertz CT molecular complexity index is 1540. The predicted molar refractivity (Wildman–Crippen MR) is 129 cm³/mol. The Morgan fingerprint density at radius 2 is 2.00 bits per heavy atom. The molecule has 0 spiro atoms. The number of imidazole rings is 1. The molecular formula is C28H21ClFN3O. The molecule has 4 aromatic rings. The van der Waals surface area contributed by atoms with Crippen molar-refractivity contribution in [2.75, 3.05) is 0 Å². The minimum absolute atomic E-state index is 0.302. The number of benzene rings is 2. The van der Waals surface area contributed by atoms with Gasteiger partial charge in [0.1, 0.15) is 23.8 Å². The third-order valence-corrected chi connectivity index (χ3v) is 6.85. The Balaban J connectivity index is 1.45. The molecule has 2 aromatic heterocycles. The lowest BCUT2D eigenvalue weighted by Gasteiger charge is -2.13. The number of ether oxygens (including phenoxy) is 1. The highest BCUT2D eigenvalue weighted by Crippen LogP contribution is 2.43. The zero-order valence-corrected chi connectivity index (χ0v) is 19.4. The molecule has 2 aliphatic rings. The second kappa shape index (κ2) is 8.00. The third kappa shape index (κ3) is 3.55. The standard InChI is InChI=1S/C28H21ClFN3O/c1-16(13-31)27-22-7-2-17(10-19(22)15-34-25-12-21(30)6-8-23(25)27)11-24-28(18-3-4-18)32-26-9-5-20(29)14-33(24)26/h2,5-10,12,14,18H,3-4,11,15H2,1H3. The molecular weight excluding hydrogens is 449 g/mol. The van der Waals surface area contributed by atoms with Gasteiger partial charge < -0.3 is 9.14 Å². The Kier molecular flexibility index (Phi) is 4.93. The molecule has 4 nitrogen and oxygen atoms in total. The van der Waals surface area contributed by atoms with Gasteiger partial charge in [-0.05, 0) is 60.7 Å². The zero-order chi connectivity index (χ0) is 23.4. The van der Waals surface area contributed by atoms with Crippen molar-refractivity contribution in [2.24, 2.45) is 0 Å². The van der Waals surface area contributed by atoms with Gasteiger partial charge in [-0.2, -0.15) is 5.26 Å². The van der Waals surface area contributed by atoms with E-state index >= 15 is 0 Å². The summed E-state index contributed by atoms with van der Waals surface area (Å²) < 4.78 is 22.0. The maximum Gasteiger partial charge on any atom is 0.137 e. The van der Waals surface area contributed by atoms with Crippen LogP contribution in [0, 0.1) is 17.1 Å². The van der Waals surface area contributed by atoms with Crippen LogP contribution in [0.3, 0.4) is 0 Å². The number of aromatic nitrogens is 2. The van der Waals surface area contributed by atoms with Gasteiger partial charge in [-0.25, -0.2) is 9.37 Å². The van der Waals surface area contributed by atoms with Gasteiger partial charge in [-0.15, -0.1) is 0 Å². The number of fused-ring (bicyclic) bond motifs is 3. The van der Waals surface area contributed by atoms with Crippen LogP contribution in [0.4, 0.5) is 4.39 Å². The Morgan fingerprint density at radius 3 is 2.79 bits per heavy atom. The highest BCUT2D eigenvalue weighted by Gasteiger charge is 2.30.